The van der Waals surface area contributed by atoms with E-state index in [0.717, 1.165) is 44.9 Å². The zero-order valence-corrected chi connectivity index (χ0v) is 13.3. The molecule has 22 heavy (non-hydrogen) atoms. The third kappa shape index (κ3) is 3.78. The predicted molar refractivity (Wildman–Crippen MR) is 82.1 cm³/mol. The van der Waals surface area contributed by atoms with Crippen molar-refractivity contribution in [2.75, 3.05) is 32.8 Å². The Kier molecular flexibility index (Phi) is 4.67. The van der Waals surface area contributed by atoms with Crippen molar-refractivity contribution >= 4 is 5.91 Å². The average Bonchev–Trinajstić information content (AvgIpc) is 3.05. The lowest BCUT2D eigenvalue weighted by Gasteiger charge is -2.38. The largest absolute Gasteiger partial charge is 0.373 e. The molecule has 1 amide bonds. The van der Waals surface area contributed by atoms with Gasteiger partial charge < -0.3 is 15.4 Å². The number of carbonyl (C=O) groups excluding carboxylic acids is 1. The van der Waals surface area contributed by atoms with Crippen molar-refractivity contribution < 1.29 is 9.53 Å². The van der Waals surface area contributed by atoms with Crippen LogP contribution < -0.4 is 10.6 Å². The molecule has 1 spiro atoms. The Labute approximate surface area is 132 Å². The monoisotopic (exact) mass is 306 g/mol. The highest BCUT2D eigenvalue weighted by atomic mass is 16.5. The number of amides is 1. The van der Waals surface area contributed by atoms with Gasteiger partial charge in [-0.2, -0.15) is 5.26 Å². The van der Waals surface area contributed by atoms with Gasteiger partial charge in [-0.05, 0) is 31.6 Å². The first-order valence-electron chi connectivity index (χ1n) is 8.36. The molecule has 1 aliphatic carbocycles. The van der Waals surface area contributed by atoms with Gasteiger partial charge in [0.15, 0.2) is 0 Å². The molecule has 0 aromatic carbocycles. The summed E-state index contributed by atoms with van der Waals surface area (Å²) in [7, 11) is 0. The lowest BCUT2D eigenvalue weighted by Crippen LogP contribution is -2.48. The molecule has 0 radical (unpaired) electrons. The molecule has 6 nitrogen and oxygen atoms in total. The van der Waals surface area contributed by atoms with Crippen LogP contribution in [0, 0.1) is 17.2 Å². The fraction of sp³-hybridized carbons (Fsp3) is 0.875. The molecular formula is C16H26N4O2. The highest BCUT2D eigenvalue weighted by Gasteiger charge is 2.45. The summed E-state index contributed by atoms with van der Waals surface area (Å²) in [5.41, 5.74) is 0.0232. The van der Waals surface area contributed by atoms with Crippen molar-refractivity contribution in [3.63, 3.8) is 0 Å². The van der Waals surface area contributed by atoms with E-state index in [0.29, 0.717) is 18.6 Å². The van der Waals surface area contributed by atoms with Crippen LogP contribution in [0.5, 0.6) is 0 Å². The Bertz CT molecular complexity index is 454. The lowest BCUT2D eigenvalue weighted by molar-refractivity contribution is -0.123. The molecule has 0 bridgehead atoms. The topological polar surface area (TPSA) is 77.4 Å². The quantitative estimate of drug-likeness (QED) is 0.712. The molecule has 6 heteroatoms. The fourth-order valence-electron chi connectivity index (χ4n) is 3.67. The Morgan fingerprint density at radius 1 is 1.45 bits per heavy atom. The van der Waals surface area contributed by atoms with E-state index < -0.39 is 0 Å². The highest BCUT2D eigenvalue weighted by molar-refractivity contribution is 5.78. The number of nitrogens with one attached hydrogen (secondary N) is 2. The minimum atomic E-state index is -0.0629. The number of ether oxygens (including phenoxy) is 1. The molecule has 3 rings (SSSR count). The maximum absolute atomic E-state index is 11.6. The van der Waals surface area contributed by atoms with Gasteiger partial charge in [0.2, 0.25) is 5.91 Å². The summed E-state index contributed by atoms with van der Waals surface area (Å²) in [5, 5.41) is 14.8. The molecule has 3 fully saturated rings. The molecule has 1 unspecified atom stereocenters. The summed E-state index contributed by atoms with van der Waals surface area (Å²) in [4.78, 5) is 13.8. The summed E-state index contributed by atoms with van der Waals surface area (Å²) in [6.07, 6.45) is 4.40. The van der Waals surface area contributed by atoms with Crippen LogP contribution in [0.25, 0.3) is 0 Å². The van der Waals surface area contributed by atoms with E-state index in [9.17, 15) is 4.79 Å². The van der Waals surface area contributed by atoms with Gasteiger partial charge in [-0.25, -0.2) is 0 Å². The predicted octanol–water partition coefficient (Wildman–Crippen LogP) is 0.248. The maximum atomic E-state index is 11.6. The van der Waals surface area contributed by atoms with Crippen molar-refractivity contribution in [3.05, 3.63) is 0 Å². The van der Waals surface area contributed by atoms with E-state index >= 15 is 0 Å². The standard InChI is InChI=1S/C16H26N4O2/c1-12-8-14(12)19-13-9-16(22-11-13)2-6-20(7-3-16)10-15(21)18-5-4-17/h12-14,19H,2-3,5-11H2,1H3,(H,18,21)/t12-,13?,14-/m1/s1. The zero-order chi connectivity index (χ0) is 15.6. The second kappa shape index (κ2) is 6.53. The number of nitrogens with zero attached hydrogens (tertiary/aromatic N) is 2. The molecular weight excluding hydrogens is 280 g/mol. The molecule has 1 saturated carbocycles. The summed E-state index contributed by atoms with van der Waals surface area (Å²) >= 11 is 0. The molecule has 3 aliphatic rings. The Morgan fingerprint density at radius 3 is 2.82 bits per heavy atom. The molecule has 2 N–H and O–H groups in total. The van der Waals surface area contributed by atoms with Gasteiger partial charge in [-0.15, -0.1) is 0 Å². The number of nitriles is 1. The van der Waals surface area contributed by atoms with Crippen LogP contribution in [0.15, 0.2) is 0 Å². The first-order chi connectivity index (χ1) is 10.6. The smallest absolute Gasteiger partial charge is 0.235 e. The third-order valence-corrected chi connectivity index (χ3v) is 5.27. The van der Waals surface area contributed by atoms with Gasteiger partial charge in [0.25, 0.3) is 0 Å². The lowest BCUT2D eigenvalue weighted by atomic mass is 9.87. The second-order valence-corrected chi connectivity index (χ2v) is 7.09. The number of hydrogen-bond donors (Lipinski definition) is 2. The van der Waals surface area contributed by atoms with Crippen LogP contribution in [0.3, 0.4) is 0 Å². The van der Waals surface area contributed by atoms with E-state index in [1.165, 1.54) is 6.42 Å². The average molecular weight is 306 g/mol. The molecule has 3 atom stereocenters. The molecule has 2 heterocycles. The number of carbonyl (C=O) groups is 1. The van der Waals surface area contributed by atoms with Crippen LogP contribution >= 0.6 is 0 Å². The molecule has 0 aromatic heterocycles. The highest BCUT2D eigenvalue weighted by Crippen LogP contribution is 2.38. The third-order valence-electron chi connectivity index (χ3n) is 5.27. The van der Waals surface area contributed by atoms with E-state index in [1.54, 1.807) is 0 Å². The Hall–Kier alpha value is -1.16. The zero-order valence-electron chi connectivity index (χ0n) is 13.3. The first-order valence-corrected chi connectivity index (χ1v) is 8.36. The molecule has 0 aromatic rings. The number of piperidine rings is 1. The molecule has 122 valence electrons. The van der Waals surface area contributed by atoms with Crippen LogP contribution in [-0.4, -0.2) is 61.3 Å². The molecule has 2 saturated heterocycles. The van der Waals surface area contributed by atoms with Crippen LogP contribution in [0.4, 0.5) is 0 Å². The maximum Gasteiger partial charge on any atom is 0.235 e. The number of rotatable bonds is 5. The van der Waals surface area contributed by atoms with Crippen LogP contribution in [0.2, 0.25) is 0 Å². The van der Waals surface area contributed by atoms with Gasteiger partial charge in [0.05, 0.1) is 24.8 Å². The fourth-order valence-corrected chi connectivity index (χ4v) is 3.67. The van der Waals surface area contributed by atoms with Gasteiger partial charge in [-0.3, -0.25) is 9.69 Å². The second-order valence-electron chi connectivity index (χ2n) is 7.09. The summed E-state index contributed by atoms with van der Waals surface area (Å²) in [5.74, 6) is 0.762. The van der Waals surface area contributed by atoms with E-state index in [2.05, 4.69) is 22.5 Å². The minimum absolute atomic E-state index is 0.0232. The van der Waals surface area contributed by atoms with Crippen molar-refractivity contribution in [3.8, 4) is 6.07 Å². The Balaban J connectivity index is 1.40. The van der Waals surface area contributed by atoms with Crippen LogP contribution in [-0.2, 0) is 9.53 Å². The first kappa shape index (κ1) is 15.7. The normalized spacial score (nSPS) is 33.5. The minimum Gasteiger partial charge on any atom is -0.373 e. The van der Waals surface area contributed by atoms with Gasteiger partial charge in [0, 0.05) is 25.2 Å². The Morgan fingerprint density at radius 2 is 2.18 bits per heavy atom. The van der Waals surface area contributed by atoms with E-state index in [-0.39, 0.29) is 18.1 Å². The summed E-state index contributed by atoms with van der Waals surface area (Å²) < 4.78 is 6.14. The number of hydrogen-bond acceptors (Lipinski definition) is 5. The van der Waals surface area contributed by atoms with Crippen molar-refractivity contribution in [2.45, 2.75) is 50.3 Å². The van der Waals surface area contributed by atoms with Gasteiger partial charge >= 0.3 is 0 Å². The van der Waals surface area contributed by atoms with Crippen LogP contribution in [0.1, 0.15) is 32.6 Å². The SMILES string of the molecule is C[C@@H]1C[C@H]1NC1COC2(CCN(CC(=O)NCC#N)CC2)C1. The summed E-state index contributed by atoms with van der Waals surface area (Å²) in [6, 6.07) is 3.13. The van der Waals surface area contributed by atoms with Crippen molar-refractivity contribution in [2.24, 2.45) is 5.92 Å². The van der Waals surface area contributed by atoms with E-state index in [1.807, 2.05) is 6.07 Å². The van der Waals surface area contributed by atoms with E-state index in [4.69, 9.17) is 10.00 Å². The van der Waals surface area contributed by atoms with Crippen molar-refractivity contribution in [1.29, 1.82) is 5.26 Å². The summed E-state index contributed by atoms with van der Waals surface area (Å²) in [6.45, 7) is 5.38. The van der Waals surface area contributed by atoms with Crippen molar-refractivity contribution in [1.82, 2.24) is 15.5 Å². The van der Waals surface area contributed by atoms with Gasteiger partial charge in [0.1, 0.15) is 6.54 Å². The number of likely N-dealkylation sites (tertiary alicyclic amines) is 1. The molecule has 2 aliphatic heterocycles. The van der Waals surface area contributed by atoms with Gasteiger partial charge in [-0.1, -0.05) is 6.92 Å².